The minimum Gasteiger partial charge on any atom is -0.491 e. The van der Waals surface area contributed by atoms with Crippen molar-refractivity contribution in [3.63, 3.8) is 0 Å². The Hall–Kier alpha value is -4.20. The minimum atomic E-state index is -0.526. The number of rotatable bonds is 11. The fourth-order valence-electron chi connectivity index (χ4n) is 6.88. The minimum absolute atomic E-state index is 0.0707. The number of benzene rings is 2. The van der Waals surface area contributed by atoms with Gasteiger partial charge in [0.1, 0.15) is 37.1 Å². The molecule has 47 heavy (non-hydrogen) atoms. The summed E-state index contributed by atoms with van der Waals surface area (Å²) in [5, 5.41) is 16.6. The van der Waals surface area contributed by atoms with Crippen LogP contribution in [0.4, 0.5) is 11.4 Å². The second kappa shape index (κ2) is 13.9. The lowest BCUT2D eigenvalue weighted by Gasteiger charge is -2.38. The first-order chi connectivity index (χ1) is 23.0. The van der Waals surface area contributed by atoms with E-state index in [-0.39, 0.29) is 17.8 Å². The molecule has 0 radical (unpaired) electrons. The van der Waals surface area contributed by atoms with Gasteiger partial charge in [-0.05, 0) is 74.7 Å². The molecule has 13 heteroatoms. The van der Waals surface area contributed by atoms with Crippen LogP contribution in [0.25, 0.3) is 5.69 Å². The van der Waals surface area contributed by atoms with Gasteiger partial charge < -0.3 is 24.0 Å². The molecular weight excluding hydrogens is 598 g/mol. The smallest absolute Gasteiger partial charge is 0.350 e. The average molecular weight is 644 g/mol. The highest BCUT2D eigenvalue weighted by molar-refractivity contribution is 5.54. The molecule has 3 aliphatic rings. The fourth-order valence-corrected chi connectivity index (χ4v) is 6.88. The fraction of sp³-hybridized carbons (Fsp3) is 0.529. The van der Waals surface area contributed by atoms with Crippen molar-refractivity contribution in [1.82, 2.24) is 34.7 Å². The van der Waals surface area contributed by atoms with Gasteiger partial charge in [-0.3, -0.25) is 5.32 Å². The zero-order valence-corrected chi connectivity index (χ0v) is 27.3. The van der Waals surface area contributed by atoms with Crippen molar-refractivity contribution in [3.8, 4) is 11.4 Å². The highest BCUT2D eigenvalue weighted by Crippen LogP contribution is 2.34. The van der Waals surface area contributed by atoms with Gasteiger partial charge in [-0.15, -0.1) is 0 Å². The van der Waals surface area contributed by atoms with Crippen molar-refractivity contribution in [2.75, 3.05) is 62.3 Å². The average Bonchev–Trinajstić information content (AvgIpc) is 3.89. The molecular formula is C34H45N9O4. The van der Waals surface area contributed by atoms with E-state index in [2.05, 4.69) is 61.6 Å². The third-order valence-corrected chi connectivity index (χ3v) is 9.84. The van der Waals surface area contributed by atoms with Crippen molar-refractivity contribution in [3.05, 3.63) is 77.7 Å². The maximum atomic E-state index is 12.8. The number of piperazine rings is 1. The zero-order chi connectivity index (χ0) is 32.2. The normalized spacial score (nSPS) is 22.9. The molecule has 0 aliphatic carbocycles. The van der Waals surface area contributed by atoms with Gasteiger partial charge in [0.2, 0.25) is 0 Å². The SMILES string of the molecule is CCC(C)n1ncn(-c2ccc(N3CCN(c4ccc(OCC5CNC(Cn6nccn6)(C6CCOCC6)O5)cc4)CC3)cc2)c1=O. The predicted molar refractivity (Wildman–Crippen MR) is 178 cm³/mol. The monoisotopic (exact) mass is 643 g/mol. The number of hydrogen-bond acceptors (Lipinski definition) is 10. The van der Waals surface area contributed by atoms with Gasteiger partial charge in [0, 0.05) is 63.2 Å². The summed E-state index contributed by atoms with van der Waals surface area (Å²) in [6.07, 6.45) is 7.69. The van der Waals surface area contributed by atoms with Gasteiger partial charge >= 0.3 is 5.69 Å². The molecule has 4 aromatic rings. The first-order valence-corrected chi connectivity index (χ1v) is 16.9. The van der Waals surface area contributed by atoms with Crippen LogP contribution >= 0.6 is 0 Å². The second-order valence-corrected chi connectivity index (χ2v) is 12.7. The molecule has 0 saturated carbocycles. The highest BCUT2D eigenvalue weighted by Gasteiger charge is 2.47. The van der Waals surface area contributed by atoms with E-state index in [0.29, 0.717) is 25.6 Å². The van der Waals surface area contributed by atoms with Crippen LogP contribution in [0.5, 0.6) is 5.75 Å². The standard InChI is InChI=1S/C34H45N9O4/c1-3-26(2)43-33(44)41(25-38-43)30-6-4-28(5-7-30)39-16-18-40(19-17-39)29-8-10-31(11-9-29)46-23-32-22-35-34(47-32,24-42-36-14-15-37-42)27-12-20-45-21-13-27/h4-11,14-15,25-27,32,35H,3,12-13,16-24H2,1-2H3. The Morgan fingerprint density at radius 1 is 0.915 bits per heavy atom. The van der Waals surface area contributed by atoms with E-state index in [1.165, 1.54) is 5.69 Å². The summed E-state index contributed by atoms with van der Waals surface area (Å²) in [5.41, 5.74) is 2.55. The van der Waals surface area contributed by atoms with E-state index in [1.54, 1.807) is 32.8 Å². The molecule has 2 aromatic carbocycles. The van der Waals surface area contributed by atoms with Crippen molar-refractivity contribution in [1.29, 1.82) is 0 Å². The van der Waals surface area contributed by atoms with Gasteiger partial charge in [0.15, 0.2) is 0 Å². The molecule has 3 unspecified atom stereocenters. The zero-order valence-electron chi connectivity index (χ0n) is 27.3. The lowest BCUT2D eigenvalue weighted by Crippen LogP contribution is -2.53. The molecule has 0 bridgehead atoms. The number of aromatic nitrogens is 6. The summed E-state index contributed by atoms with van der Waals surface area (Å²) >= 11 is 0. The Morgan fingerprint density at radius 2 is 1.53 bits per heavy atom. The van der Waals surface area contributed by atoms with Gasteiger partial charge in [0.25, 0.3) is 0 Å². The summed E-state index contributed by atoms with van der Waals surface area (Å²) in [6, 6.07) is 16.6. The number of nitrogens with zero attached hydrogens (tertiary/aromatic N) is 8. The van der Waals surface area contributed by atoms with Crippen LogP contribution in [-0.4, -0.2) is 93.7 Å². The van der Waals surface area contributed by atoms with Crippen molar-refractivity contribution in [2.45, 2.75) is 57.5 Å². The highest BCUT2D eigenvalue weighted by atomic mass is 16.6. The van der Waals surface area contributed by atoms with Crippen molar-refractivity contribution < 1.29 is 14.2 Å². The topological polar surface area (TPSA) is 117 Å². The van der Waals surface area contributed by atoms with E-state index < -0.39 is 5.72 Å². The molecule has 3 aliphatic heterocycles. The summed E-state index contributed by atoms with van der Waals surface area (Å²) in [5.74, 6) is 1.16. The largest absolute Gasteiger partial charge is 0.491 e. The molecule has 3 atom stereocenters. The van der Waals surface area contributed by atoms with Crippen LogP contribution < -0.4 is 25.5 Å². The van der Waals surface area contributed by atoms with Crippen LogP contribution in [0, 0.1) is 5.92 Å². The van der Waals surface area contributed by atoms with Gasteiger partial charge in [0.05, 0.1) is 24.1 Å². The van der Waals surface area contributed by atoms with Crippen LogP contribution in [0.1, 0.15) is 39.2 Å². The van der Waals surface area contributed by atoms with Gasteiger partial charge in [-0.2, -0.15) is 20.1 Å². The van der Waals surface area contributed by atoms with Gasteiger partial charge in [-0.1, -0.05) is 6.92 Å². The van der Waals surface area contributed by atoms with Gasteiger partial charge in [-0.25, -0.2) is 14.0 Å². The molecule has 3 saturated heterocycles. The Morgan fingerprint density at radius 3 is 2.17 bits per heavy atom. The van der Waals surface area contributed by atoms with Crippen LogP contribution in [0.15, 0.2) is 72.0 Å². The molecule has 1 N–H and O–H groups in total. The third-order valence-electron chi connectivity index (χ3n) is 9.84. The lowest BCUT2D eigenvalue weighted by atomic mass is 9.88. The maximum absolute atomic E-state index is 12.8. The molecule has 2 aromatic heterocycles. The first-order valence-electron chi connectivity index (χ1n) is 16.9. The maximum Gasteiger partial charge on any atom is 0.350 e. The van der Waals surface area contributed by atoms with Crippen molar-refractivity contribution >= 4 is 11.4 Å². The number of anilines is 2. The molecule has 250 valence electrons. The Balaban J connectivity index is 0.902. The molecule has 0 spiro atoms. The Kier molecular flexibility index (Phi) is 9.27. The van der Waals surface area contributed by atoms with Crippen molar-refractivity contribution in [2.24, 2.45) is 5.92 Å². The molecule has 0 amide bonds. The summed E-state index contributed by atoms with van der Waals surface area (Å²) in [7, 11) is 0. The molecule has 3 fully saturated rings. The van der Waals surface area contributed by atoms with E-state index in [9.17, 15) is 4.79 Å². The second-order valence-electron chi connectivity index (χ2n) is 12.7. The van der Waals surface area contributed by atoms with Crippen LogP contribution in [0.3, 0.4) is 0 Å². The van der Waals surface area contributed by atoms with E-state index in [1.807, 2.05) is 31.2 Å². The van der Waals surface area contributed by atoms with E-state index >= 15 is 0 Å². The first kappa shape index (κ1) is 31.4. The lowest BCUT2D eigenvalue weighted by molar-refractivity contribution is -0.133. The summed E-state index contributed by atoms with van der Waals surface area (Å²) in [4.78, 5) is 19.3. The molecule has 13 nitrogen and oxygen atoms in total. The van der Waals surface area contributed by atoms with Crippen LogP contribution in [0.2, 0.25) is 0 Å². The Labute approximate surface area is 275 Å². The third kappa shape index (κ3) is 6.78. The Bertz CT molecular complexity index is 1630. The molecule has 5 heterocycles. The predicted octanol–water partition coefficient (Wildman–Crippen LogP) is 3.11. The van der Waals surface area contributed by atoms with E-state index in [4.69, 9.17) is 14.2 Å². The summed E-state index contributed by atoms with van der Waals surface area (Å²) in [6.45, 7) is 11.0. The molecule has 7 rings (SSSR count). The van der Waals surface area contributed by atoms with Crippen LogP contribution in [-0.2, 0) is 16.0 Å². The summed E-state index contributed by atoms with van der Waals surface area (Å²) < 4.78 is 21.7. The number of hydrogen-bond donors (Lipinski definition) is 1. The number of ether oxygens (including phenoxy) is 3. The number of nitrogens with one attached hydrogen (secondary N) is 1. The quantitative estimate of drug-likeness (QED) is 0.261. The van der Waals surface area contributed by atoms with E-state index in [0.717, 1.165) is 75.8 Å².